The molecule has 2 rings (SSSR count). The van der Waals surface area contributed by atoms with Crippen LogP contribution in [0.25, 0.3) is 0 Å². The zero-order valence-electron chi connectivity index (χ0n) is 12.8. The van der Waals surface area contributed by atoms with E-state index in [-0.39, 0.29) is 0 Å². The molecule has 0 aromatic heterocycles. The minimum absolute atomic E-state index is 0.769. The van der Waals surface area contributed by atoms with Gasteiger partial charge in [0.2, 0.25) is 0 Å². The summed E-state index contributed by atoms with van der Waals surface area (Å²) in [5, 5.41) is 4.17. The Balaban J connectivity index is 1.96. The minimum atomic E-state index is 0.769. The highest BCUT2D eigenvalue weighted by atomic mass is 35.5. The van der Waals surface area contributed by atoms with Crippen molar-refractivity contribution in [2.45, 2.75) is 19.9 Å². The molecule has 1 unspecified atom stereocenters. The number of anilines is 1. The summed E-state index contributed by atoms with van der Waals surface area (Å²) in [6.45, 7) is 7.44. The maximum Gasteiger partial charge on any atom is 0.0471 e. The van der Waals surface area contributed by atoms with Gasteiger partial charge in [0.1, 0.15) is 0 Å². The van der Waals surface area contributed by atoms with Gasteiger partial charge < -0.3 is 15.1 Å². The fourth-order valence-electron chi connectivity index (χ4n) is 2.84. The number of hydrogen-bond donors (Lipinski definition) is 1. The summed E-state index contributed by atoms with van der Waals surface area (Å²) in [6.07, 6.45) is 1.30. The van der Waals surface area contributed by atoms with Crippen LogP contribution in [0, 0.1) is 5.92 Å². The van der Waals surface area contributed by atoms with Gasteiger partial charge in [-0.15, -0.1) is 0 Å². The molecular formula is C16H26ClN3. The van der Waals surface area contributed by atoms with E-state index >= 15 is 0 Å². The van der Waals surface area contributed by atoms with Gasteiger partial charge in [-0.25, -0.2) is 0 Å². The Bertz CT molecular complexity index is 436. The number of likely N-dealkylation sites (tertiary alicyclic amines) is 1. The second kappa shape index (κ2) is 7.30. The number of nitrogens with zero attached hydrogens (tertiary/aromatic N) is 2. The van der Waals surface area contributed by atoms with Gasteiger partial charge in [-0.2, -0.15) is 0 Å². The predicted octanol–water partition coefficient (Wildman–Crippen LogP) is 2.84. The molecule has 1 aromatic rings. The predicted molar refractivity (Wildman–Crippen MR) is 87.7 cm³/mol. The smallest absolute Gasteiger partial charge is 0.0471 e. The first-order valence-electron chi connectivity index (χ1n) is 7.49. The molecule has 3 nitrogen and oxygen atoms in total. The normalized spacial score (nSPS) is 19.5. The van der Waals surface area contributed by atoms with Crippen LogP contribution in [0.15, 0.2) is 18.2 Å². The van der Waals surface area contributed by atoms with Crippen molar-refractivity contribution < 1.29 is 0 Å². The molecule has 1 aromatic carbocycles. The number of nitrogens with one attached hydrogen (secondary N) is 1. The quantitative estimate of drug-likeness (QED) is 0.871. The Kier molecular flexibility index (Phi) is 5.70. The SMILES string of the molecule is CCNCc1ccc(N(C)CC2CCN(C)C2)cc1Cl. The molecule has 0 saturated carbocycles. The summed E-state index contributed by atoms with van der Waals surface area (Å²) in [4.78, 5) is 4.73. The van der Waals surface area contributed by atoms with Gasteiger partial charge in [-0.05, 0) is 50.2 Å². The molecule has 1 saturated heterocycles. The van der Waals surface area contributed by atoms with Crippen molar-refractivity contribution in [2.24, 2.45) is 5.92 Å². The standard InChI is InChI=1S/C16H26ClN3/c1-4-18-10-14-5-6-15(9-16(14)17)20(3)12-13-7-8-19(2)11-13/h5-6,9,13,18H,4,7-8,10-12H2,1-3H3. The van der Waals surface area contributed by atoms with Crippen LogP contribution < -0.4 is 10.2 Å². The number of rotatable bonds is 6. The van der Waals surface area contributed by atoms with E-state index in [2.05, 4.69) is 54.3 Å². The van der Waals surface area contributed by atoms with Gasteiger partial charge >= 0.3 is 0 Å². The largest absolute Gasteiger partial charge is 0.374 e. The van der Waals surface area contributed by atoms with E-state index in [4.69, 9.17) is 11.6 Å². The molecule has 1 aliphatic rings. The first-order chi connectivity index (χ1) is 9.60. The van der Waals surface area contributed by atoms with E-state index in [0.717, 1.165) is 30.6 Å². The Labute approximate surface area is 127 Å². The van der Waals surface area contributed by atoms with Crippen LogP contribution in [0.2, 0.25) is 5.02 Å². The summed E-state index contributed by atoms with van der Waals surface area (Å²) < 4.78 is 0. The fraction of sp³-hybridized carbons (Fsp3) is 0.625. The van der Waals surface area contributed by atoms with Crippen LogP contribution in [0.4, 0.5) is 5.69 Å². The average Bonchev–Trinajstić information content (AvgIpc) is 2.82. The van der Waals surface area contributed by atoms with Crippen LogP contribution in [-0.2, 0) is 6.54 Å². The number of halogens is 1. The topological polar surface area (TPSA) is 18.5 Å². The lowest BCUT2D eigenvalue weighted by molar-refractivity contribution is 0.396. The van der Waals surface area contributed by atoms with Crippen LogP contribution >= 0.6 is 11.6 Å². The Hall–Kier alpha value is -0.770. The lowest BCUT2D eigenvalue weighted by atomic mass is 10.1. The van der Waals surface area contributed by atoms with E-state index in [1.54, 1.807) is 0 Å². The Morgan fingerprint density at radius 2 is 2.25 bits per heavy atom. The third kappa shape index (κ3) is 4.11. The summed E-state index contributed by atoms with van der Waals surface area (Å²) in [7, 11) is 4.36. The number of hydrogen-bond acceptors (Lipinski definition) is 3. The third-order valence-corrected chi connectivity index (χ3v) is 4.42. The molecule has 1 N–H and O–H groups in total. The zero-order chi connectivity index (χ0) is 14.5. The second-order valence-corrected chi connectivity index (χ2v) is 6.26. The molecule has 4 heteroatoms. The van der Waals surface area contributed by atoms with Crippen molar-refractivity contribution in [3.63, 3.8) is 0 Å². The summed E-state index contributed by atoms with van der Waals surface area (Å²) >= 11 is 6.37. The number of benzene rings is 1. The first kappa shape index (κ1) is 15.6. The van der Waals surface area contributed by atoms with E-state index < -0.39 is 0 Å². The Morgan fingerprint density at radius 1 is 1.45 bits per heavy atom. The monoisotopic (exact) mass is 295 g/mol. The summed E-state index contributed by atoms with van der Waals surface area (Å²) in [5.41, 5.74) is 2.39. The molecule has 0 aliphatic carbocycles. The molecule has 0 amide bonds. The van der Waals surface area contributed by atoms with Crippen LogP contribution in [0.5, 0.6) is 0 Å². The minimum Gasteiger partial charge on any atom is -0.374 e. The van der Waals surface area contributed by atoms with Gasteiger partial charge in [0.05, 0.1) is 0 Å². The van der Waals surface area contributed by atoms with E-state index in [1.165, 1.54) is 30.8 Å². The second-order valence-electron chi connectivity index (χ2n) is 5.85. The van der Waals surface area contributed by atoms with Crippen molar-refractivity contribution in [3.05, 3.63) is 28.8 Å². The summed E-state index contributed by atoms with van der Waals surface area (Å²) in [5.74, 6) is 0.769. The fourth-order valence-corrected chi connectivity index (χ4v) is 3.09. The highest BCUT2D eigenvalue weighted by Crippen LogP contribution is 2.25. The third-order valence-electron chi connectivity index (χ3n) is 4.06. The van der Waals surface area contributed by atoms with Gasteiger partial charge in [-0.3, -0.25) is 0 Å². The summed E-state index contributed by atoms with van der Waals surface area (Å²) in [6, 6.07) is 6.40. The van der Waals surface area contributed by atoms with Crippen LogP contribution in [0.3, 0.4) is 0 Å². The molecule has 1 fully saturated rings. The molecule has 1 atom stereocenters. The molecule has 0 bridgehead atoms. The van der Waals surface area contributed by atoms with Crippen molar-refractivity contribution >= 4 is 17.3 Å². The van der Waals surface area contributed by atoms with Gasteiger partial charge in [0.15, 0.2) is 0 Å². The molecule has 0 spiro atoms. The zero-order valence-corrected chi connectivity index (χ0v) is 13.6. The van der Waals surface area contributed by atoms with Crippen molar-refractivity contribution in [1.29, 1.82) is 0 Å². The van der Waals surface area contributed by atoms with Crippen molar-refractivity contribution in [1.82, 2.24) is 10.2 Å². The molecule has 1 heterocycles. The van der Waals surface area contributed by atoms with E-state index in [0.29, 0.717) is 0 Å². The molecule has 20 heavy (non-hydrogen) atoms. The maximum atomic E-state index is 6.37. The average molecular weight is 296 g/mol. The van der Waals surface area contributed by atoms with Crippen LogP contribution in [0.1, 0.15) is 18.9 Å². The Morgan fingerprint density at radius 3 is 2.85 bits per heavy atom. The molecule has 0 radical (unpaired) electrons. The highest BCUT2D eigenvalue weighted by Gasteiger charge is 2.21. The maximum absolute atomic E-state index is 6.37. The van der Waals surface area contributed by atoms with E-state index in [1.807, 2.05) is 0 Å². The molecule has 112 valence electrons. The van der Waals surface area contributed by atoms with Crippen molar-refractivity contribution in [2.75, 3.05) is 45.2 Å². The van der Waals surface area contributed by atoms with Gasteiger partial charge in [0.25, 0.3) is 0 Å². The molecular weight excluding hydrogens is 270 g/mol. The lowest BCUT2D eigenvalue weighted by Gasteiger charge is -2.24. The van der Waals surface area contributed by atoms with Gasteiger partial charge in [0, 0.05) is 37.4 Å². The lowest BCUT2D eigenvalue weighted by Crippen LogP contribution is -2.27. The molecule has 1 aliphatic heterocycles. The first-order valence-corrected chi connectivity index (χ1v) is 7.86. The highest BCUT2D eigenvalue weighted by molar-refractivity contribution is 6.31. The van der Waals surface area contributed by atoms with Crippen LogP contribution in [-0.4, -0.2) is 45.2 Å². The van der Waals surface area contributed by atoms with E-state index in [9.17, 15) is 0 Å². The van der Waals surface area contributed by atoms with Gasteiger partial charge in [-0.1, -0.05) is 24.6 Å². The van der Waals surface area contributed by atoms with Crippen molar-refractivity contribution in [3.8, 4) is 0 Å².